The average Bonchev–Trinajstić information content (AvgIpc) is 3.17. The maximum Gasteiger partial charge on any atom is 0.263 e. The summed E-state index contributed by atoms with van der Waals surface area (Å²) in [6.45, 7) is 4.12. The number of halogens is 1. The maximum absolute atomic E-state index is 13.1. The largest absolute Gasteiger partial charge is 0.323 e. The zero-order valence-corrected chi connectivity index (χ0v) is 19.5. The fraction of sp³-hybridized carbons (Fsp3) is 0.182. The van der Waals surface area contributed by atoms with Crippen molar-refractivity contribution in [3.05, 3.63) is 68.5 Å². The van der Waals surface area contributed by atoms with E-state index in [1.54, 1.807) is 25.4 Å². The molecule has 3 heterocycles. The normalized spacial score (nSPS) is 11.1. The molecule has 0 unspecified atom stereocenters. The van der Waals surface area contributed by atoms with E-state index in [4.69, 9.17) is 11.6 Å². The number of amides is 1. The molecule has 0 bridgehead atoms. The number of pyridine rings is 1. The lowest BCUT2D eigenvalue weighted by Crippen LogP contribution is -2.21. The molecule has 0 aliphatic rings. The van der Waals surface area contributed by atoms with E-state index in [1.807, 2.05) is 11.4 Å². The smallest absolute Gasteiger partial charge is 0.263 e. The average molecular weight is 471 g/mol. The van der Waals surface area contributed by atoms with E-state index in [1.165, 1.54) is 38.8 Å². The number of thiophene rings is 1. The summed E-state index contributed by atoms with van der Waals surface area (Å²) in [5, 5.41) is 6.00. The minimum Gasteiger partial charge on any atom is -0.323 e. The highest BCUT2D eigenvalue weighted by atomic mass is 35.5. The first-order chi connectivity index (χ1) is 14.8. The molecular weight excluding hydrogens is 452 g/mol. The molecule has 4 aromatic rings. The standard InChI is InChI=1S/C22H19ClN4O2S2/c1-12-6-7-14(9-13(12)2)15-10-30-20-18(15)21(29)27(3)22(26-20)31-11-17(28)25-16-5-4-8-24-19(16)23/h4-10H,11H2,1-3H3,(H,25,28). The highest BCUT2D eigenvalue weighted by Crippen LogP contribution is 2.33. The number of hydrogen-bond acceptors (Lipinski definition) is 6. The Labute approximate surface area is 192 Å². The lowest BCUT2D eigenvalue weighted by atomic mass is 10.0. The second-order valence-corrected chi connectivity index (χ2v) is 9.22. The van der Waals surface area contributed by atoms with E-state index in [2.05, 4.69) is 41.3 Å². The predicted octanol–water partition coefficient (Wildman–Crippen LogP) is 5.06. The van der Waals surface area contributed by atoms with Crippen LogP contribution in [0.5, 0.6) is 0 Å². The lowest BCUT2D eigenvalue weighted by Gasteiger charge is -2.09. The fourth-order valence-corrected chi connectivity index (χ4v) is 5.03. The summed E-state index contributed by atoms with van der Waals surface area (Å²) in [7, 11) is 1.68. The SMILES string of the molecule is Cc1ccc(-c2csc3nc(SCC(=O)Nc4cccnc4Cl)n(C)c(=O)c23)cc1C. The molecule has 0 aliphatic heterocycles. The van der Waals surface area contributed by atoms with E-state index >= 15 is 0 Å². The molecule has 158 valence electrons. The summed E-state index contributed by atoms with van der Waals surface area (Å²) in [5.74, 6) is -0.164. The van der Waals surface area contributed by atoms with Crippen LogP contribution in [0.15, 0.2) is 51.9 Å². The number of carbonyl (C=O) groups excluding carboxylic acids is 1. The summed E-state index contributed by atoms with van der Waals surface area (Å²) >= 11 is 8.61. The second-order valence-electron chi connectivity index (χ2n) is 7.07. The molecule has 31 heavy (non-hydrogen) atoms. The zero-order valence-electron chi connectivity index (χ0n) is 17.1. The van der Waals surface area contributed by atoms with Gasteiger partial charge in [-0.2, -0.15) is 0 Å². The van der Waals surface area contributed by atoms with Gasteiger partial charge in [-0.3, -0.25) is 14.2 Å². The van der Waals surface area contributed by atoms with Crippen molar-refractivity contribution in [2.45, 2.75) is 19.0 Å². The number of benzene rings is 1. The van der Waals surface area contributed by atoms with Crippen molar-refractivity contribution in [3.8, 4) is 11.1 Å². The van der Waals surface area contributed by atoms with Gasteiger partial charge in [-0.15, -0.1) is 11.3 Å². The number of thioether (sulfide) groups is 1. The van der Waals surface area contributed by atoms with Crippen molar-refractivity contribution in [2.24, 2.45) is 7.05 Å². The molecule has 1 amide bonds. The Kier molecular flexibility index (Phi) is 6.13. The van der Waals surface area contributed by atoms with E-state index in [-0.39, 0.29) is 22.4 Å². The van der Waals surface area contributed by atoms with E-state index in [0.29, 0.717) is 21.1 Å². The van der Waals surface area contributed by atoms with Gasteiger partial charge in [-0.1, -0.05) is 41.6 Å². The van der Waals surface area contributed by atoms with Crippen LogP contribution < -0.4 is 10.9 Å². The third kappa shape index (κ3) is 4.37. The van der Waals surface area contributed by atoms with E-state index in [9.17, 15) is 9.59 Å². The van der Waals surface area contributed by atoms with Crippen LogP contribution in [0, 0.1) is 13.8 Å². The molecule has 0 radical (unpaired) electrons. The van der Waals surface area contributed by atoms with Crippen molar-refractivity contribution in [1.29, 1.82) is 0 Å². The molecule has 3 aromatic heterocycles. The Balaban J connectivity index is 1.60. The number of aryl methyl sites for hydroxylation is 2. The van der Waals surface area contributed by atoms with Crippen LogP contribution in [0.3, 0.4) is 0 Å². The van der Waals surface area contributed by atoms with Gasteiger partial charge >= 0.3 is 0 Å². The van der Waals surface area contributed by atoms with Crippen molar-refractivity contribution >= 4 is 56.5 Å². The molecule has 0 saturated heterocycles. The molecule has 9 heteroatoms. The number of hydrogen-bond donors (Lipinski definition) is 1. The topological polar surface area (TPSA) is 76.9 Å². The van der Waals surface area contributed by atoms with Crippen LogP contribution >= 0.6 is 34.7 Å². The Bertz CT molecular complexity index is 1360. The minimum atomic E-state index is -0.253. The predicted molar refractivity (Wildman–Crippen MR) is 128 cm³/mol. The van der Waals surface area contributed by atoms with Gasteiger partial charge < -0.3 is 5.32 Å². The molecule has 0 fully saturated rings. The summed E-state index contributed by atoms with van der Waals surface area (Å²) < 4.78 is 1.49. The molecule has 0 aliphatic carbocycles. The Morgan fingerprint density at radius 3 is 2.81 bits per heavy atom. The summed E-state index contributed by atoms with van der Waals surface area (Å²) in [6.07, 6.45) is 1.55. The highest BCUT2D eigenvalue weighted by molar-refractivity contribution is 7.99. The Hall–Kier alpha value is -2.68. The quantitative estimate of drug-likeness (QED) is 0.250. The third-order valence-electron chi connectivity index (χ3n) is 4.96. The first-order valence-corrected chi connectivity index (χ1v) is 11.7. The molecule has 1 N–H and O–H groups in total. The van der Waals surface area contributed by atoms with Gasteiger partial charge in [0.1, 0.15) is 4.83 Å². The number of fused-ring (bicyclic) bond motifs is 1. The van der Waals surface area contributed by atoms with Crippen LogP contribution in [0.1, 0.15) is 11.1 Å². The lowest BCUT2D eigenvalue weighted by molar-refractivity contribution is -0.113. The molecule has 1 aromatic carbocycles. The molecule has 0 saturated carbocycles. The van der Waals surface area contributed by atoms with Gasteiger partial charge in [0.05, 0.1) is 16.8 Å². The monoisotopic (exact) mass is 470 g/mol. The van der Waals surface area contributed by atoms with Gasteiger partial charge in [0.2, 0.25) is 5.91 Å². The zero-order chi connectivity index (χ0) is 22.1. The van der Waals surface area contributed by atoms with Crippen molar-refractivity contribution in [3.63, 3.8) is 0 Å². The highest BCUT2D eigenvalue weighted by Gasteiger charge is 2.17. The summed E-state index contributed by atoms with van der Waals surface area (Å²) in [4.78, 5) is 34.7. The van der Waals surface area contributed by atoms with Gasteiger partial charge in [0.15, 0.2) is 10.3 Å². The number of anilines is 1. The first kappa shape index (κ1) is 21.5. The van der Waals surface area contributed by atoms with Gasteiger partial charge in [-0.25, -0.2) is 9.97 Å². The second kappa shape index (κ2) is 8.82. The fourth-order valence-electron chi connectivity index (χ4n) is 3.10. The van der Waals surface area contributed by atoms with E-state index in [0.717, 1.165) is 11.1 Å². The molecular formula is C22H19ClN4O2S2. The summed E-state index contributed by atoms with van der Waals surface area (Å²) in [6, 6.07) is 9.55. The van der Waals surface area contributed by atoms with Crippen molar-refractivity contribution in [2.75, 3.05) is 11.1 Å². The number of aromatic nitrogens is 3. The number of carbonyl (C=O) groups is 1. The molecule has 4 rings (SSSR count). The van der Waals surface area contributed by atoms with Gasteiger partial charge in [0.25, 0.3) is 5.56 Å². The van der Waals surface area contributed by atoms with Crippen LogP contribution in [-0.2, 0) is 11.8 Å². The summed E-state index contributed by atoms with van der Waals surface area (Å²) in [5.41, 5.74) is 4.59. The number of nitrogens with zero attached hydrogens (tertiary/aromatic N) is 3. The number of rotatable bonds is 5. The van der Waals surface area contributed by atoms with E-state index < -0.39 is 0 Å². The van der Waals surface area contributed by atoms with Crippen molar-refractivity contribution in [1.82, 2.24) is 14.5 Å². The number of nitrogens with one attached hydrogen (secondary N) is 1. The molecule has 0 spiro atoms. The van der Waals surface area contributed by atoms with Crippen LogP contribution in [-0.4, -0.2) is 26.2 Å². The molecule has 6 nitrogen and oxygen atoms in total. The van der Waals surface area contributed by atoms with Crippen molar-refractivity contribution < 1.29 is 4.79 Å². The van der Waals surface area contributed by atoms with Crippen LogP contribution in [0.25, 0.3) is 21.3 Å². The Morgan fingerprint density at radius 2 is 2.06 bits per heavy atom. The first-order valence-electron chi connectivity index (χ1n) is 9.44. The Morgan fingerprint density at radius 1 is 1.26 bits per heavy atom. The van der Waals surface area contributed by atoms with Crippen LogP contribution in [0.4, 0.5) is 5.69 Å². The maximum atomic E-state index is 13.1. The van der Waals surface area contributed by atoms with Gasteiger partial charge in [-0.05, 0) is 42.7 Å². The minimum absolute atomic E-state index is 0.0897. The molecule has 0 atom stereocenters. The van der Waals surface area contributed by atoms with Gasteiger partial charge in [0, 0.05) is 24.2 Å². The van der Waals surface area contributed by atoms with Crippen LogP contribution in [0.2, 0.25) is 5.15 Å². The third-order valence-corrected chi connectivity index (χ3v) is 7.16.